The molecule has 2 heteroatoms. The van der Waals surface area contributed by atoms with Gasteiger partial charge in [0.25, 0.3) is 0 Å². The third-order valence-corrected chi connectivity index (χ3v) is 1.31. The maximum absolute atomic E-state index is 10.4. The second-order valence-electron chi connectivity index (χ2n) is 3.22. The van der Waals surface area contributed by atoms with Crippen molar-refractivity contribution >= 4 is 6.41 Å². The summed E-state index contributed by atoms with van der Waals surface area (Å²) in [6, 6.07) is 0. The first kappa shape index (κ1) is 9.21. The smallest absolute Gasteiger partial charge is 0.210 e. The van der Waals surface area contributed by atoms with Crippen molar-refractivity contribution in [2.45, 2.75) is 26.3 Å². The Morgan fingerprint density at radius 1 is 1.50 bits per heavy atom. The van der Waals surface area contributed by atoms with Gasteiger partial charge in [0.05, 0.1) is 0 Å². The van der Waals surface area contributed by atoms with Crippen molar-refractivity contribution in [3.63, 3.8) is 0 Å². The van der Waals surface area contributed by atoms with Gasteiger partial charge in [-0.1, -0.05) is 6.08 Å². The summed E-state index contributed by atoms with van der Waals surface area (Å²) >= 11 is 0. The average molecular weight is 141 g/mol. The first-order chi connectivity index (χ1) is 4.52. The van der Waals surface area contributed by atoms with E-state index in [1.54, 1.807) is 11.0 Å². The second kappa shape index (κ2) is 3.40. The molecule has 0 rings (SSSR count). The fourth-order valence-corrected chi connectivity index (χ4v) is 0.614. The molecule has 0 aromatic rings. The van der Waals surface area contributed by atoms with Gasteiger partial charge in [0.1, 0.15) is 0 Å². The van der Waals surface area contributed by atoms with Crippen LogP contribution < -0.4 is 0 Å². The summed E-state index contributed by atoms with van der Waals surface area (Å²) in [7, 11) is 0. The van der Waals surface area contributed by atoms with Crippen LogP contribution in [0.1, 0.15) is 20.8 Å². The Morgan fingerprint density at radius 3 is 2.10 bits per heavy atom. The Hall–Kier alpha value is -0.790. The molecule has 0 saturated carbocycles. The summed E-state index contributed by atoms with van der Waals surface area (Å²) in [4.78, 5) is 12.1. The van der Waals surface area contributed by atoms with Crippen molar-refractivity contribution in [3.05, 3.63) is 12.7 Å². The highest BCUT2D eigenvalue weighted by atomic mass is 16.1. The number of carbonyl (C=O) groups excluding carboxylic acids is 1. The Kier molecular flexibility index (Phi) is 3.13. The van der Waals surface area contributed by atoms with E-state index in [1.807, 2.05) is 20.8 Å². The maximum atomic E-state index is 10.4. The third-order valence-electron chi connectivity index (χ3n) is 1.31. The predicted molar refractivity (Wildman–Crippen MR) is 42.7 cm³/mol. The van der Waals surface area contributed by atoms with Gasteiger partial charge >= 0.3 is 0 Å². The Morgan fingerprint density at radius 2 is 2.00 bits per heavy atom. The lowest BCUT2D eigenvalue weighted by Gasteiger charge is -2.30. The van der Waals surface area contributed by atoms with E-state index in [0.29, 0.717) is 6.54 Å². The minimum Gasteiger partial charge on any atom is -0.337 e. The highest BCUT2D eigenvalue weighted by molar-refractivity contribution is 5.48. The first-order valence-electron chi connectivity index (χ1n) is 3.35. The molecular weight excluding hydrogens is 126 g/mol. The van der Waals surface area contributed by atoms with Gasteiger partial charge in [-0.3, -0.25) is 4.79 Å². The van der Waals surface area contributed by atoms with Crippen molar-refractivity contribution < 1.29 is 4.79 Å². The largest absolute Gasteiger partial charge is 0.337 e. The average Bonchev–Trinajstić information content (AvgIpc) is 1.80. The minimum absolute atomic E-state index is 0.0874. The fourth-order valence-electron chi connectivity index (χ4n) is 0.614. The standard InChI is InChI=1S/C8H15NO/c1-5-6-9(7-10)8(2,3)4/h5,7H,1,6H2,2-4H3. The molecular formula is C8H15NO. The summed E-state index contributed by atoms with van der Waals surface area (Å²) < 4.78 is 0. The van der Waals surface area contributed by atoms with Crippen molar-refractivity contribution in [1.82, 2.24) is 4.90 Å². The topological polar surface area (TPSA) is 20.3 Å². The van der Waals surface area contributed by atoms with Crippen LogP contribution in [0.15, 0.2) is 12.7 Å². The summed E-state index contributed by atoms with van der Waals surface area (Å²) in [6.45, 7) is 10.2. The summed E-state index contributed by atoms with van der Waals surface area (Å²) in [5.41, 5.74) is -0.0874. The minimum atomic E-state index is -0.0874. The zero-order valence-electron chi connectivity index (χ0n) is 6.92. The highest BCUT2D eigenvalue weighted by Crippen LogP contribution is 2.09. The second-order valence-corrected chi connectivity index (χ2v) is 3.22. The number of carbonyl (C=O) groups is 1. The quantitative estimate of drug-likeness (QED) is 0.430. The van der Waals surface area contributed by atoms with Crippen LogP contribution in [-0.4, -0.2) is 23.4 Å². The van der Waals surface area contributed by atoms with Crippen molar-refractivity contribution in [1.29, 1.82) is 0 Å². The van der Waals surface area contributed by atoms with E-state index in [9.17, 15) is 4.79 Å². The molecule has 2 nitrogen and oxygen atoms in total. The molecule has 0 unspecified atom stereocenters. The van der Waals surface area contributed by atoms with E-state index in [0.717, 1.165) is 6.41 Å². The predicted octanol–water partition coefficient (Wildman–Crippen LogP) is 1.43. The molecule has 0 bridgehead atoms. The lowest BCUT2D eigenvalue weighted by atomic mass is 10.1. The van der Waals surface area contributed by atoms with E-state index in [2.05, 4.69) is 6.58 Å². The molecule has 0 heterocycles. The van der Waals surface area contributed by atoms with Gasteiger partial charge in [-0.05, 0) is 20.8 Å². The van der Waals surface area contributed by atoms with Gasteiger partial charge in [0, 0.05) is 12.1 Å². The summed E-state index contributed by atoms with van der Waals surface area (Å²) in [6.07, 6.45) is 2.57. The zero-order chi connectivity index (χ0) is 8.20. The van der Waals surface area contributed by atoms with Crippen molar-refractivity contribution in [3.8, 4) is 0 Å². The Bertz CT molecular complexity index is 124. The van der Waals surface area contributed by atoms with Crippen LogP contribution >= 0.6 is 0 Å². The monoisotopic (exact) mass is 141 g/mol. The van der Waals surface area contributed by atoms with E-state index in [4.69, 9.17) is 0 Å². The summed E-state index contributed by atoms with van der Waals surface area (Å²) in [5.74, 6) is 0. The van der Waals surface area contributed by atoms with Crippen LogP contribution in [0.3, 0.4) is 0 Å². The van der Waals surface area contributed by atoms with Crippen LogP contribution in [-0.2, 0) is 4.79 Å². The molecule has 0 spiro atoms. The normalized spacial score (nSPS) is 10.7. The van der Waals surface area contributed by atoms with Gasteiger partial charge in [-0.2, -0.15) is 0 Å². The van der Waals surface area contributed by atoms with Gasteiger partial charge in [-0.25, -0.2) is 0 Å². The number of nitrogens with zero attached hydrogens (tertiary/aromatic N) is 1. The fraction of sp³-hybridized carbons (Fsp3) is 0.625. The first-order valence-corrected chi connectivity index (χ1v) is 3.35. The number of amides is 1. The zero-order valence-corrected chi connectivity index (χ0v) is 6.92. The molecule has 0 aliphatic rings. The molecule has 10 heavy (non-hydrogen) atoms. The molecule has 0 aromatic heterocycles. The lowest BCUT2D eigenvalue weighted by Crippen LogP contribution is -2.40. The summed E-state index contributed by atoms with van der Waals surface area (Å²) in [5, 5.41) is 0. The van der Waals surface area contributed by atoms with Gasteiger partial charge in [-0.15, -0.1) is 6.58 Å². The Labute approximate surface area is 62.5 Å². The molecule has 0 fully saturated rings. The van der Waals surface area contributed by atoms with E-state index in [-0.39, 0.29) is 5.54 Å². The van der Waals surface area contributed by atoms with Crippen LogP contribution in [0.4, 0.5) is 0 Å². The molecule has 0 aliphatic heterocycles. The van der Waals surface area contributed by atoms with Gasteiger partial charge in [0.2, 0.25) is 6.41 Å². The van der Waals surface area contributed by atoms with E-state index < -0.39 is 0 Å². The van der Waals surface area contributed by atoms with Crippen LogP contribution in [0.25, 0.3) is 0 Å². The molecule has 58 valence electrons. The molecule has 0 aromatic carbocycles. The SMILES string of the molecule is C=CCN(C=O)C(C)(C)C. The molecule has 0 saturated heterocycles. The van der Waals surface area contributed by atoms with Gasteiger partial charge < -0.3 is 4.90 Å². The van der Waals surface area contributed by atoms with E-state index in [1.165, 1.54) is 0 Å². The van der Waals surface area contributed by atoms with Crippen LogP contribution in [0.2, 0.25) is 0 Å². The number of hydrogen-bond acceptors (Lipinski definition) is 1. The molecule has 0 radical (unpaired) electrons. The third kappa shape index (κ3) is 2.67. The maximum Gasteiger partial charge on any atom is 0.210 e. The van der Waals surface area contributed by atoms with Gasteiger partial charge in [0.15, 0.2) is 0 Å². The van der Waals surface area contributed by atoms with Crippen molar-refractivity contribution in [2.75, 3.05) is 6.54 Å². The number of rotatable bonds is 3. The molecule has 0 aliphatic carbocycles. The number of hydrogen-bond donors (Lipinski definition) is 0. The van der Waals surface area contributed by atoms with Crippen LogP contribution in [0, 0.1) is 0 Å². The molecule has 0 atom stereocenters. The lowest BCUT2D eigenvalue weighted by molar-refractivity contribution is -0.121. The molecule has 1 amide bonds. The van der Waals surface area contributed by atoms with E-state index >= 15 is 0 Å². The highest BCUT2D eigenvalue weighted by Gasteiger charge is 2.16. The van der Waals surface area contributed by atoms with Crippen LogP contribution in [0.5, 0.6) is 0 Å². The molecule has 0 N–H and O–H groups in total. The Balaban J connectivity index is 4.05. The van der Waals surface area contributed by atoms with Crippen molar-refractivity contribution in [2.24, 2.45) is 0 Å².